The second kappa shape index (κ2) is 6.79. The summed E-state index contributed by atoms with van der Waals surface area (Å²) in [6.07, 6.45) is 4.66. The standard InChI is InChI=1S/C17H12N2O2/c1-2-13-8-9-15(11-18)16(10-13)19-17(20)21-12-14-6-4-3-5-7-14/h1,3-10H,12H2,(H,19,20). The molecule has 4 nitrogen and oxygen atoms in total. The van der Waals surface area contributed by atoms with E-state index in [1.165, 1.54) is 0 Å². The quantitative estimate of drug-likeness (QED) is 0.875. The Balaban J connectivity index is 2.03. The van der Waals surface area contributed by atoms with Gasteiger partial charge in [-0.1, -0.05) is 36.3 Å². The summed E-state index contributed by atoms with van der Waals surface area (Å²) in [5.74, 6) is 2.45. The van der Waals surface area contributed by atoms with Crippen molar-refractivity contribution in [2.45, 2.75) is 6.61 Å². The van der Waals surface area contributed by atoms with Crippen LogP contribution >= 0.6 is 0 Å². The summed E-state index contributed by atoms with van der Waals surface area (Å²) >= 11 is 0. The summed E-state index contributed by atoms with van der Waals surface area (Å²) in [5, 5.41) is 11.5. The first kappa shape index (κ1) is 14.2. The van der Waals surface area contributed by atoms with Gasteiger partial charge in [0.1, 0.15) is 12.7 Å². The predicted octanol–water partition coefficient (Wildman–Crippen LogP) is 3.29. The molecule has 102 valence electrons. The molecule has 2 aromatic carbocycles. The SMILES string of the molecule is C#Cc1ccc(C#N)c(NC(=O)OCc2ccccc2)c1. The fourth-order valence-corrected chi connectivity index (χ4v) is 1.70. The zero-order valence-electron chi connectivity index (χ0n) is 11.2. The van der Waals surface area contributed by atoms with E-state index in [9.17, 15) is 4.79 Å². The van der Waals surface area contributed by atoms with E-state index in [0.717, 1.165) is 5.56 Å². The van der Waals surface area contributed by atoms with E-state index < -0.39 is 6.09 Å². The van der Waals surface area contributed by atoms with Gasteiger partial charge >= 0.3 is 6.09 Å². The number of terminal acetylenes is 1. The van der Waals surface area contributed by atoms with Gasteiger partial charge < -0.3 is 4.74 Å². The molecule has 0 aromatic heterocycles. The number of carbonyl (C=O) groups excluding carboxylic acids is 1. The molecule has 1 amide bonds. The largest absolute Gasteiger partial charge is 0.444 e. The first-order valence-corrected chi connectivity index (χ1v) is 6.21. The number of nitriles is 1. The monoisotopic (exact) mass is 276 g/mol. The molecule has 0 bridgehead atoms. The number of ether oxygens (including phenoxy) is 1. The maximum absolute atomic E-state index is 11.8. The highest BCUT2D eigenvalue weighted by Gasteiger charge is 2.08. The number of hydrogen-bond acceptors (Lipinski definition) is 3. The maximum Gasteiger partial charge on any atom is 0.411 e. The molecular formula is C17H12N2O2. The first-order chi connectivity index (χ1) is 10.2. The van der Waals surface area contributed by atoms with Crippen LogP contribution in [0.15, 0.2) is 48.5 Å². The lowest BCUT2D eigenvalue weighted by Crippen LogP contribution is -2.14. The molecule has 0 heterocycles. The Kier molecular flexibility index (Phi) is 4.58. The number of benzene rings is 2. The Labute approximate surface area is 123 Å². The summed E-state index contributed by atoms with van der Waals surface area (Å²) < 4.78 is 5.09. The van der Waals surface area contributed by atoms with E-state index in [4.69, 9.17) is 16.4 Å². The van der Waals surface area contributed by atoms with Gasteiger partial charge in [-0.25, -0.2) is 4.79 Å². The Morgan fingerprint density at radius 1 is 1.24 bits per heavy atom. The second-order valence-corrected chi connectivity index (χ2v) is 4.20. The van der Waals surface area contributed by atoms with Crippen LogP contribution in [0.3, 0.4) is 0 Å². The molecule has 0 unspecified atom stereocenters. The lowest BCUT2D eigenvalue weighted by Gasteiger charge is -2.08. The van der Waals surface area contributed by atoms with Crippen LogP contribution < -0.4 is 5.32 Å². The van der Waals surface area contributed by atoms with Crippen LogP contribution in [0.5, 0.6) is 0 Å². The summed E-state index contributed by atoms with van der Waals surface area (Å²) in [5.41, 5.74) is 2.12. The molecule has 2 aromatic rings. The molecule has 21 heavy (non-hydrogen) atoms. The normalized spacial score (nSPS) is 9.24. The van der Waals surface area contributed by atoms with Crippen LogP contribution in [0.25, 0.3) is 0 Å². The highest BCUT2D eigenvalue weighted by atomic mass is 16.5. The smallest absolute Gasteiger partial charge is 0.411 e. The fraction of sp³-hybridized carbons (Fsp3) is 0.0588. The van der Waals surface area contributed by atoms with Gasteiger partial charge in [0, 0.05) is 5.56 Å². The third-order valence-electron chi connectivity index (χ3n) is 2.76. The zero-order chi connectivity index (χ0) is 15.1. The first-order valence-electron chi connectivity index (χ1n) is 6.21. The fourth-order valence-electron chi connectivity index (χ4n) is 1.70. The molecule has 4 heteroatoms. The maximum atomic E-state index is 11.8. The minimum atomic E-state index is -0.635. The number of carbonyl (C=O) groups is 1. The Morgan fingerprint density at radius 2 is 2.00 bits per heavy atom. The Hall–Kier alpha value is -3.24. The number of nitrogens with zero attached hydrogens (tertiary/aromatic N) is 1. The van der Waals surface area contributed by atoms with Gasteiger partial charge in [0.25, 0.3) is 0 Å². The van der Waals surface area contributed by atoms with E-state index in [-0.39, 0.29) is 6.61 Å². The zero-order valence-corrected chi connectivity index (χ0v) is 11.2. The molecule has 0 atom stereocenters. The van der Waals surface area contributed by atoms with Gasteiger partial charge in [-0.05, 0) is 23.8 Å². The molecule has 0 fully saturated rings. The lowest BCUT2D eigenvalue weighted by atomic mass is 10.1. The van der Waals surface area contributed by atoms with Gasteiger partial charge in [-0.2, -0.15) is 5.26 Å². The van der Waals surface area contributed by atoms with Gasteiger partial charge in [-0.15, -0.1) is 6.42 Å². The van der Waals surface area contributed by atoms with Crippen LogP contribution in [0.1, 0.15) is 16.7 Å². The van der Waals surface area contributed by atoms with Gasteiger partial charge in [-0.3, -0.25) is 5.32 Å². The van der Waals surface area contributed by atoms with Crippen molar-refractivity contribution in [3.8, 4) is 18.4 Å². The number of rotatable bonds is 3. The molecular weight excluding hydrogens is 264 g/mol. The van der Waals surface area contributed by atoms with Crippen LogP contribution in [0, 0.1) is 23.7 Å². The summed E-state index contributed by atoms with van der Waals surface area (Å²) in [7, 11) is 0. The van der Waals surface area contributed by atoms with Crippen molar-refractivity contribution in [2.24, 2.45) is 0 Å². The molecule has 0 spiro atoms. The van der Waals surface area contributed by atoms with E-state index in [0.29, 0.717) is 16.8 Å². The number of nitrogens with one attached hydrogen (secondary N) is 1. The minimum absolute atomic E-state index is 0.156. The highest BCUT2D eigenvalue weighted by Crippen LogP contribution is 2.17. The number of amides is 1. The average Bonchev–Trinajstić information content (AvgIpc) is 2.54. The highest BCUT2D eigenvalue weighted by molar-refractivity contribution is 5.86. The molecule has 1 N–H and O–H groups in total. The third kappa shape index (κ3) is 3.86. The second-order valence-electron chi connectivity index (χ2n) is 4.20. The van der Waals surface area contributed by atoms with E-state index >= 15 is 0 Å². The molecule has 0 aliphatic carbocycles. The van der Waals surface area contributed by atoms with Crippen LogP contribution in [0.2, 0.25) is 0 Å². The van der Waals surface area contributed by atoms with Crippen LogP contribution in [-0.2, 0) is 11.3 Å². The molecule has 0 aliphatic heterocycles. The molecule has 2 rings (SSSR count). The van der Waals surface area contributed by atoms with Crippen LogP contribution in [0.4, 0.5) is 10.5 Å². The van der Waals surface area contributed by atoms with Crippen molar-refractivity contribution in [3.05, 3.63) is 65.2 Å². The van der Waals surface area contributed by atoms with E-state index in [1.54, 1.807) is 18.2 Å². The Bertz CT molecular complexity index is 725. The molecule has 0 saturated heterocycles. The topological polar surface area (TPSA) is 62.1 Å². The van der Waals surface area contributed by atoms with E-state index in [2.05, 4.69) is 11.2 Å². The van der Waals surface area contributed by atoms with Crippen LogP contribution in [-0.4, -0.2) is 6.09 Å². The van der Waals surface area contributed by atoms with Crippen molar-refractivity contribution in [1.29, 1.82) is 5.26 Å². The van der Waals surface area contributed by atoms with Gasteiger partial charge in [0.15, 0.2) is 0 Å². The average molecular weight is 276 g/mol. The predicted molar refractivity (Wildman–Crippen MR) is 79.3 cm³/mol. The Morgan fingerprint density at radius 3 is 2.67 bits per heavy atom. The lowest BCUT2D eigenvalue weighted by molar-refractivity contribution is 0.155. The number of hydrogen-bond donors (Lipinski definition) is 1. The summed E-state index contributed by atoms with van der Waals surface area (Å²) in [6.45, 7) is 0.156. The van der Waals surface area contributed by atoms with Crippen molar-refractivity contribution in [1.82, 2.24) is 0 Å². The van der Waals surface area contributed by atoms with Crippen molar-refractivity contribution >= 4 is 11.8 Å². The van der Waals surface area contributed by atoms with E-state index in [1.807, 2.05) is 36.4 Å². The van der Waals surface area contributed by atoms with Gasteiger partial charge in [0.05, 0.1) is 11.3 Å². The van der Waals surface area contributed by atoms with Crippen molar-refractivity contribution in [2.75, 3.05) is 5.32 Å². The van der Waals surface area contributed by atoms with Crippen molar-refractivity contribution in [3.63, 3.8) is 0 Å². The minimum Gasteiger partial charge on any atom is -0.444 e. The molecule has 0 radical (unpaired) electrons. The molecule has 0 saturated carbocycles. The van der Waals surface area contributed by atoms with Gasteiger partial charge in [0.2, 0.25) is 0 Å². The summed E-state index contributed by atoms with van der Waals surface area (Å²) in [6, 6.07) is 16.1. The molecule has 0 aliphatic rings. The van der Waals surface area contributed by atoms with Crippen molar-refractivity contribution < 1.29 is 9.53 Å². The summed E-state index contributed by atoms with van der Waals surface area (Å²) in [4.78, 5) is 11.8. The number of anilines is 1. The third-order valence-corrected chi connectivity index (χ3v) is 2.76.